The largest absolute Gasteiger partial charge is 0.416 e. The van der Waals surface area contributed by atoms with E-state index in [0.717, 1.165) is 71.3 Å². The van der Waals surface area contributed by atoms with Gasteiger partial charge < -0.3 is 10.2 Å². The Bertz CT molecular complexity index is 602. The molecule has 2 saturated heterocycles. The number of nitrogens with one attached hydrogen (secondary N) is 3. The molecule has 28 heavy (non-hydrogen) atoms. The van der Waals surface area contributed by atoms with Gasteiger partial charge in [-0.05, 0) is 51.1 Å². The predicted molar refractivity (Wildman–Crippen MR) is 106 cm³/mol. The van der Waals surface area contributed by atoms with Crippen LogP contribution in [0.3, 0.4) is 0 Å². The smallest absolute Gasteiger partial charge is 0.369 e. The lowest BCUT2D eigenvalue weighted by Gasteiger charge is -2.36. The van der Waals surface area contributed by atoms with Crippen molar-refractivity contribution in [1.82, 2.24) is 21.1 Å². The van der Waals surface area contributed by atoms with Gasteiger partial charge in [0.25, 0.3) is 0 Å². The highest BCUT2D eigenvalue weighted by Gasteiger charge is 2.31. The van der Waals surface area contributed by atoms with Gasteiger partial charge in [0, 0.05) is 56.9 Å². The zero-order valence-electron chi connectivity index (χ0n) is 16.6. The van der Waals surface area contributed by atoms with Crippen molar-refractivity contribution in [3.05, 3.63) is 29.8 Å². The fourth-order valence-corrected chi connectivity index (χ4v) is 3.88. The minimum atomic E-state index is -4.28. The molecule has 8 heteroatoms. The zero-order valence-corrected chi connectivity index (χ0v) is 16.6. The van der Waals surface area contributed by atoms with Crippen LogP contribution in [0.2, 0.25) is 0 Å². The van der Waals surface area contributed by atoms with Crippen LogP contribution in [0.5, 0.6) is 0 Å². The van der Waals surface area contributed by atoms with E-state index >= 15 is 0 Å². The topological polar surface area (TPSA) is 42.6 Å². The first-order valence-corrected chi connectivity index (χ1v) is 10.3. The second kappa shape index (κ2) is 9.91. The molecule has 0 aromatic heterocycles. The molecule has 5 nitrogen and oxygen atoms in total. The molecule has 0 aliphatic carbocycles. The molecule has 1 aromatic carbocycles. The number of hydrogen-bond donors (Lipinski definition) is 3. The normalized spacial score (nSPS) is 24.1. The number of benzene rings is 1. The van der Waals surface area contributed by atoms with Crippen LogP contribution in [0.1, 0.15) is 25.3 Å². The zero-order chi connectivity index (χ0) is 20.0. The number of rotatable bonds is 8. The van der Waals surface area contributed by atoms with E-state index in [2.05, 4.69) is 32.9 Å². The Kier molecular flexibility index (Phi) is 7.56. The molecule has 2 heterocycles. The summed E-state index contributed by atoms with van der Waals surface area (Å²) in [5.74, 6) is 0.643. The average Bonchev–Trinajstić information content (AvgIpc) is 3.09. The Labute approximate surface area is 165 Å². The Morgan fingerprint density at radius 3 is 2.61 bits per heavy atom. The molecule has 2 atom stereocenters. The van der Waals surface area contributed by atoms with E-state index in [9.17, 15) is 13.2 Å². The molecule has 0 saturated carbocycles. The first kappa shape index (κ1) is 21.4. The van der Waals surface area contributed by atoms with Gasteiger partial charge in [0.15, 0.2) is 0 Å². The van der Waals surface area contributed by atoms with Crippen molar-refractivity contribution >= 4 is 5.69 Å². The molecular weight excluding hydrogens is 367 g/mol. The summed E-state index contributed by atoms with van der Waals surface area (Å²) in [6.07, 6.45) is -1.99. The van der Waals surface area contributed by atoms with Crippen LogP contribution < -0.4 is 21.1 Å². The summed E-state index contributed by atoms with van der Waals surface area (Å²) >= 11 is 0. The lowest BCUT2D eigenvalue weighted by atomic mass is 10.0. The number of nitrogens with zero attached hydrogens (tertiary/aromatic N) is 2. The third kappa shape index (κ3) is 6.07. The highest BCUT2D eigenvalue weighted by Crippen LogP contribution is 2.31. The molecular formula is C20H32F3N5. The standard InChI is InChI=1S/C20H32F3N5/c1-16-17(15-25-26-16)14-24-7-2-3-8-27-9-11-28(12-10-27)19-6-4-5-18(13-19)20(21,22)23/h4-6,13,16-17,24-26H,2-3,7-12,14-15H2,1H3. The molecule has 2 aliphatic heterocycles. The van der Waals surface area contributed by atoms with Crippen LogP contribution in [0, 0.1) is 5.92 Å². The van der Waals surface area contributed by atoms with E-state index in [0.29, 0.717) is 17.6 Å². The molecule has 2 aliphatic rings. The lowest BCUT2D eigenvalue weighted by Crippen LogP contribution is -2.46. The van der Waals surface area contributed by atoms with Gasteiger partial charge in [0.05, 0.1) is 5.56 Å². The van der Waals surface area contributed by atoms with Crippen LogP contribution in [0.15, 0.2) is 24.3 Å². The van der Waals surface area contributed by atoms with E-state index in [1.165, 1.54) is 12.1 Å². The fourth-order valence-electron chi connectivity index (χ4n) is 3.88. The number of unbranched alkanes of at least 4 members (excludes halogenated alkanes) is 1. The highest BCUT2D eigenvalue weighted by atomic mass is 19.4. The Balaban J connectivity index is 1.30. The summed E-state index contributed by atoms with van der Waals surface area (Å²) in [6, 6.07) is 6.18. The summed E-state index contributed by atoms with van der Waals surface area (Å²) in [6.45, 7) is 9.71. The maximum Gasteiger partial charge on any atom is 0.416 e. The number of hydrogen-bond acceptors (Lipinski definition) is 5. The number of hydrazine groups is 1. The molecule has 1 aromatic rings. The van der Waals surface area contributed by atoms with Gasteiger partial charge in [-0.15, -0.1) is 0 Å². The van der Waals surface area contributed by atoms with E-state index in [1.54, 1.807) is 6.07 Å². The molecule has 2 unspecified atom stereocenters. The second-order valence-electron chi connectivity index (χ2n) is 7.86. The van der Waals surface area contributed by atoms with E-state index < -0.39 is 11.7 Å². The molecule has 0 radical (unpaired) electrons. The van der Waals surface area contributed by atoms with Gasteiger partial charge in [-0.25, -0.2) is 0 Å². The first-order chi connectivity index (χ1) is 13.4. The third-order valence-electron chi connectivity index (χ3n) is 5.80. The summed E-state index contributed by atoms with van der Waals surface area (Å²) in [5.41, 5.74) is 6.52. The summed E-state index contributed by atoms with van der Waals surface area (Å²) in [7, 11) is 0. The molecule has 2 fully saturated rings. The van der Waals surface area contributed by atoms with Crippen molar-refractivity contribution in [2.24, 2.45) is 5.92 Å². The Hall–Kier alpha value is -1.35. The van der Waals surface area contributed by atoms with E-state index in [1.807, 2.05) is 0 Å². The van der Waals surface area contributed by atoms with Crippen molar-refractivity contribution in [2.75, 3.05) is 57.3 Å². The van der Waals surface area contributed by atoms with Crippen molar-refractivity contribution in [3.63, 3.8) is 0 Å². The number of halogens is 3. The van der Waals surface area contributed by atoms with Gasteiger partial charge in [-0.3, -0.25) is 15.8 Å². The van der Waals surface area contributed by atoms with E-state index in [-0.39, 0.29) is 0 Å². The van der Waals surface area contributed by atoms with Gasteiger partial charge >= 0.3 is 6.18 Å². The molecule has 3 rings (SSSR count). The van der Waals surface area contributed by atoms with Crippen molar-refractivity contribution < 1.29 is 13.2 Å². The van der Waals surface area contributed by atoms with Crippen molar-refractivity contribution in [2.45, 2.75) is 32.0 Å². The molecule has 3 N–H and O–H groups in total. The highest BCUT2D eigenvalue weighted by molar-refractivity contribution is 5.49. The second-order valence-corrected chi connectivity index (χ2v) is 7.86. The monoisotopic (exact) mass is 399 g/mol. The molecule has 158 valence electrons. The van der Waals surface area contributed by atoms with Gasteiger partial charge in [-0.2, -0.15) is 13.2 Å². The van der Waals surface area contributed by atoms with Crippen molar-refractivity contribution in [1.29, 1.82) is 0 Å². The van der Waals surface area contributed by atoms with Gasteiger partial charge in [0.2, 0.25) is 0 Å². The molecule has 0 bridgehead atoms. The summed E-state index contributed by atoms with van der Waals surface area (Å²) in [4.78, 5) is 4.47. The summed E-state index contributed by atoms with van der Waals surface area (Å²) in [5, 5.41) is 3.54. The summed E-state index contributed by atoms with van der Waals surface area (Å²) < 4.78 is 38.7. The SMILES string of the molecule is CC1NNCC1CNCCCCN1CCN(c2cccc(C(F)(F)F)c2)CC1. The number of piperazine rings is 1. The predicted octanol–water partition coefficient (Wildman–Crippen LogP) is 2.31. The fraction of sp³-hybridized carbons (Fsp3) is 0.700. The third-order valence-corrected chi connectivity index (χ3v) is 5.80. The van der Waals surface area contributed by atoms with Crippen LogP contribution in [0.4, 0.5) is 18.9 Å². The van der Waals surface area contributed by atoms with Gasteiger partial charge in [-0.1, -0.05) is 6.07 Å². The lowest BCUT2D eigenvalue weighted by molar-refractivity contribution is -0.137. The van der Waals surface area contributed by atoms with Crippen molar-refractivity contribution in [3.8, 4) is 0 Å². The maximum absolute atomic E-state index is 12.9. The van der Waals surface area contributed by atoms with Crippen LogP contribution in [0.25, 0.3) is 0 Å². The quantitative estimate of drug-likeness (QED) is 0.586. The van der Waals surface area contributed by atoms with Crippen LogP contribution in [-0.4, -0.2) is 63.3 Å². The minimum Gasteiger partial charge on any atom is -0.369 e. The maximum atomic E-state index is 12.9. The van der Waals surface area contributed by atoms with E-state index in [4.69, 9.17) is 0 Å². The minimum absolute atomic E-state index is 0.514. The Morgan fingerprint density at radius 2 is 1.93 bits per heavy atom. The van der Waals surface area contributed by atoms with Crippen LogP contribution >= 0.6 is 0 Å². The number of alkyl halides is 3. The van der Waals surface area contributed by atoms with Gasteiger partial charge in [0.1, 0.15) is 0 Å². The average molecular weight is 400 g/mol. The molecule has 0 spiro atoms. The number of anilines is 1. The first-order valence-electron chi connectivity index (χ1n) is 10.3. The molecule has 0 amide bonds. The Morgan fingerprint density at radius 1 is 1.14 bits per heavy atom. The van der Waals surface area contributed by atoms with Crippen LogP contribution in [-0.2, 0) is 6.18 Å².